The molecule has 1 aromatic heterocycles. The molecule has 0 aliphatic heterocycles. The van der Waals surface area contributed by atoms with Crippen molar-refractivity contribution in [1.29, 1.82) is 0 Å². The van der Waals surface area contributed by atoms with E-state index >= 15 is 0 Å². The third-order valence-electron chi connectivity index (χ3n) is 3.29. The molecule has 0 saturated carbocycles. The van der Waals surface area contributed by atoms with E-state index in [0.29, 0.717) is 17.0 Å². The van der Waals surface area contributed by atoms with Crippen LogP contribution in [0.4, 0.5) is 10.1 Å². The predicted octanol–water partition coefficient (Wildman–Crippen LogP) is 3.24. The Hall–Kier alpha value is -3.80. The number of hydrogen-bond acceptors (Lipinski definition) is 5. The third kappa shape index (κ3) is 3.42. The van der Waals surface area contributed by atoms with Gasteiger partial charge in [-0.25, -0.2) is 16.2 Å². The molecule has 2 aromatic carbocycles. The monoisotopic (exact) mass is 339 g/mol. The maximum Gasteiger partial charge on any atom is 0.357 e. The highest BCUT2D eigenvalue weighted by molar-refractivity contribution is 5.57. The highest BCUT2D eigenvalue weighted by atomic mass is 19.1. The zero-order chi connectivity index (χ0) is 17.8. The van der Waals surface area contributed by atoms with Crippen LogP contribution in [0.3, 0.4) is 0 Å². The van der Waals surface area contributed by atoms with Crippen molar-refractivity contribution in [2.24, 2.45) is 0 Å². The zero-order valence-corrected chi connectivity index (χ0v) is 12.7. The summed E-state index contributed by atoms with van der Waals surface area (Å²) in [4.78, 5) is 17.1. The summed E-state index contributed by atoms with van der Waals surface area (Å²) in [5.74, 6) is -0.153. The summed E-state index contributed by atoms with van der Waals surface area (Å²) >= 11 is 0. The van der Waals surface area contributed by atoms with Crippen molar-refractivity contribution >= 4 is 5.69 Å². The molecule has 0 amide bonds. The van der Waals surface area contributed by atoms with Crippen LogP contribution >= 0.6 is 0 Å². The van der Waals surface area contributed by atoms with E-state index in [1.165, 1.54) is 17.1 Å². The number of halogens is 1. The van der Waals surface area contributed by atoms with Gasteiger partial charge in [-0.2, -0.15) is 4.39 Å². The lowest BCUT2D eigenvalue weighted by atomic mass is 10.2. The number of nitrogens with zero attached hydrogens (tertiary/aromatic N) is 5. The van der Waals surface area contributed by atoms with E-state index in [1.54, 1.807) is 24.3 Å². The van der Waals surface area contributed by atoms with Gasteiger partial charge in [0.25, 0.3) is 0 Å². The zero-order valence-electron chi connectivity index (χ0n) is 12.7. The Kier molecular flexibility index (Phi) is 4.34. The standard InChI is InChI=1S/C16H10FN5O3/c1-18-10-25-13-5-3-12(4-6-13)21-9-19-16(20-21)11-2-7-15(22(23)24)14(17)8-11/h2-9H,10H2. The Labute approximate surface area is 141 Å². The van der Waals surface area contributed by atoms with Crippen molar-refractivity contribution in [3.05, 3.63) is 76.1 Å². The average Bonchev–Trinajstić information content (AvgIpc) is 3.10. The fourth-order valence-electron chi connectivity index (χ4n) is 2.12. The van der Waals surface area contributed by atoms with Crippen LogP contribution in [0.15, 0.2) is 48.8 Å². The summed E-state index contributed by atoms with van der Waals surface area (Å²) in [6.07, 6.45) is 1.45. The summed E-state index contributed by atoms with van der Waals surface area (Å²) in [6.45, 7) is 6.62. The van der Waals surface area contributed by atoms with Crippen molar-refractivity contribution in [3.63, 3.8) is 0 Å². The Balaban J connectivity index is 1.84. The average molecular weight is 339 g/mol. The van der Waals surface area contributed by atoms with E-state index in [-0.39, 0.29) is 12.6 Å². The van der Waals surface area contributed by atoms with Gasteiger partial charge in [0, 0.05) is 11.6 Å². The van der Waals surface area contributed by atoms with Crippen molar-refractivity contribution in [2.45, 2.75) is 0 Å². The molecular formula is C16H10FN5O3. The minimum atomic E-state index is -0.944. The fraction of sp³-hybridized carbons (Fsp3) is 0.0625. The summed E-state index contributed by atoms with van der Waals surface area (Å²) in [5.41, 5.74) is 0.424. The molecule has 0 bridgehead atoms. The molecule has 3 aromatic rings. The second kappa shape index (κ2) is 6.76. The summed E-state index contributed by atoms with van der Waals surface area (Å²) in [5, 5.41) is 14.9. The summed E-state index contributed by atoms with van der Waals surface area (Å²) in [6, 6.07) is 10.3. The maximum atomic E-state index is 13.7. The lowest BCUT2D eigenvalue weighted by molar-refractivity contribution is -0.387. The quantitative estimate of drug-likeness (QED) is 0.404. The van der Waals surface area contributed by atoms with Gasteiger partial charge in [0.1, 0.15) is 12.1 Å². The number of nitro groups is 1. The maximum absolute atomic E-state index is 13.7. The van der Waals surface area contributed by atoms with Crippen LogP contribution < -0.4 is 4.74 Å². The largest absolute Gasteiger partial charge is 0.426 e. The number of rotatable bonds is 5. The minimum absolute atomic E-state index is 0.0570. The molecule has 0 spiro atoms. The Morgan fingerprint density at radius 1 is 1.28 bits per heavy atom. The lowest BCUT2D eigenvalue weighted by Crippen LogP contribution is -1.97. The van der Waals surface area contributed by atoms with E-state index in [4.69, 9.17) is 11.3 Å². The van der Waals surface area contributed by atoms with Crippen molar-refractivity contribution in [2.75, 3.05) is 6.73 Å². The minimum Gasteiger partial charge on any atom is -0.426 e. The third-order valence-corrected chi connectivity index (χ3v) is 3.29. The van der Waals surface area contributed by atoms with Crippen LogP contribution in [-0.2, 0) is 0 Å². The van der Waals surface area contributed by atoms with Gasteiger partial charge in [-0.1, -0.05) is 0 Å². The van der Waals surface area contributed by atoms with E-state index in [2.05, 4.69) is 14.9 Å². The first-order valence-electron chi connectivity index (χ1n) is 7.01. The highest BCUT2D eigenvalue weighted by Crippen LogP contribution is 2.24. The van der Waals surface area contributed by atoms with Gasteiger partial charge in [-0.15, -0.1) is 5.10 Å². The van der Waals surface area contributed by atoms with Gasteiger partial charge in [0.15, 0.2) is 5.82 Å². The molecule has 0 aliphatic rings. The fourth-order valence-corrected chi connectivity index (χ4v) is 2.12. The second-order valence-corrected chi connectivity index (χ2v) is 4.86. The van der Waals surface area contributed by atoms with Crippen LogP contribution in [0.25, 0.3) is 21.9 Å². The van der Waals surface area contributed by atoms with Crippen LogP contribution in [0, 0.1) is 22.5 Å². The predicted molar refractivity (Wildman–Crippen MR) is 85.5 cm³/mol. The molecule has 3 rings (SSSR count). The number of benzene rings is 2. The van der Waals surface area contributed by atoms with Gasteiger partial charge in [-0.05, 0) is 36.4 Å². The van der Waals surface area contributed by atoms with E-state index in [0.717, 1.165) is 12.1 Å². The van der Waals surface area contributed by atoms with Crippen molar-refractivity contribution in [3.8, 4) is 22.8 Å². The number of hydrogen-bond donors (Lipinski definition) is 0. The molecule has 0 radical (unpaired) electrons. The molecule has 9 heteroatoms. The van der Waals surface area contributed by atoms with Gasteiger partial charge >= 0.3 is 12.4 Å². The lowest BCUT2D eigenvalue weighted by Gasteiger charge is -2.02. The molecule has 124 valence electrons. The van der Waals surface area contributed by atoms with E-state index in [9.17, 15) is 14.5 Å². The Morgan fingerprint density at radius 2 is 2.04 bits per heavy atom. The molecule has 0 aliphatic carbocycles. The van der Waals surface area contributed by atoms with Gasteiger partial charge in [-0.3, -0.25) is 15.0 Å². The van der Waals surface area contributed by atoms with Crippen molar-refractivity contribution in [1.82, 2.24) is 14.8 Å². The molecule has 0 unspecified atom stereocenters. The van der Waals surface area contributed by atoms with Gasteiger partial charge in [0.05, 0.1) is 10.6 Å². The first-order valence-corrected chi connectivity index (χ1v) is 7.01. The normalized spacial score (nSPS) is 10.2. The molecule has 25 heavy (non-hydrogen) atoms. The summed E-state index contributed by atoms with van der Waals surface area (Å²) < 4.78 is 20.4. The first kappa shape index (κ1) is 16.1. The van der Waals surface area contributed by atoms with Crippen molar-refractivity contribution < 1.29 is 14.1 Å². The van der Waals surface area contributed by atoms with Crippen LogP contribution in [0.5, 0.6) is 5.75 Å². The molecule has 8 nitrogen and oxygen atoms in total. The molecule has 0 fully saturated rings. The molecule has 0 N–H and O–H groups in total. The molecule has 0 atom stereocenters. The Morgan fingerprint density at radius 3 is 2.68 bits per heavy atom. The van der Waals surface area contributed by atoms with E-state index in [1.807, 2.05) is 0 Å². The summed E-state index contributed by atoms with van der Waals surface area (Å²) in [7, 11) is 0. The first-order chi connectivity index (χ1) is 12.1. The van der Waals surface area contributed by atoms with E-state index < -0.39 is 16.4 Å². The Bertz CT molecular complexity index is 963. The number of aromatic nitrogens is 3. The number of nitro benzene ring substituents is 1. The highest BCUT2D eigenvalue weighted by Gasteiger charge is 2.16. The van der Waals surface area contributed by atoms with Gasteiger partial charge in [0.2, 0.25) is 5.82 Å². The second-order valence-electron chi connectivity index (χ2n) is 4.86. The van der Waals surface area contributed by atoms with Crippen LogP contribution in [0.1, 0.15) is 0 Å². The van der Waals surface area contributed by atoms with Crippen LogP contribution in [-0.4, -0.2) is 26.4 Å². The van der Waals surface area contributed by atoms with Gasteiger partial charge < -0.3 is 4.74 Å². The molecule has 1 heterocycles. The SMILES string of the molecule is [C-]#[N+]COc1ccc(-n2cnc(-c3ccc([N+](=O)[O-])c(F)c3)n2)cc1. The van der Waals surface area contributed by atoms with Crippen LogP contribution in [0.2, 0.25) is 0 Å². The smallest absolute Gasteiger partial charge is 0.357 e. The molecular weight excluding hydrogens is 329 g/mol. The molecule has 0 saturated heterocycles. The topological polar surface area (TPSA) is 87.4 Å². The number of ether oxygens (including phenoxy) is 1.